The molecule has 5 atom stereocenters. The Bertz CT molecular complexity index is 778. The van der Waals surface area contributed by atoms with Crippen molar-refractivity contribution in [3.8, 4) is 0 Å². The summed E-state index contributed by atoms with van der Waals surface area (Å²) < 4.78 is 54.4. The second kappa shape index (κ2) is 9.65. The highest BCUT2D eigenvalue weighted by Crippen LogP contribution is 2.37. The highest BCUT2D eigenvalue weighted by Gasteiger charge is 2.43. The summed E-state index contributed by atoms with van der Waals surface area (Å²) in [7, 11) is 0. The summed E-state index contributed by atoms with van der Waals surface area (Å²) in [5, 5.41) is 6.39. The molecular weight excluding hydrogens is 424 g/mol. The van der Waals surface area contributed by atoms with Crippen LogP contribution in [-0.2, 0) is 11.0 Å². The maximum Gasteiger partial charge on any atom is 0.416 e. The molecule has 0 radical (unpaired) electrons. The molecule has 5 nitrogen and oxygen atoms in total. The molecule has 180 valence electrons. The van der Waals surface area contributed by atoms with Crippen molar-refractivity contribution in [1.29, 1.82) is 0 Å². The first kappa shape index (κ1) is 24.9. The molecule has 2 aliphatic heterocycles. The van der Waals surface area contributed by atoms with Crippen molar-refractivity contribution in [2.75, 3.05) is 13.1 Å². The van der Waals surface area contributed by atoms with Gasteiger partial charge in [0.15, 0.2) is 0 Å². The van der Waals surface area contributed by atoms with Gasteiger partial charge in [-0.25, -0.2) is 4.39 Å². The number of nitrogens with one attached hydrogen (secondary N) is 2. The maximum absolute atomic E-state index is 15.7. The Morgan fingerprint density at radius 2 is 1.88 bits per heavy atom. The fourth-order valence-corrected chi connectivity index (χ4v) is 4.84. The van der Waals surface area contributed by atoms with E-state index >= 15 is 4.39 Å². The Labute approximate surface area is 187 Å². The monoisotopic (exact) mass is 458 g/mol. The Hall–Kier alpha value is -1.71. The minimum absolute atomic E-state index is 0.145. The second-order valence-corrected chi connectivity index (χ2v) is 10.1. The molecule has 0 aromatic heterocycles. The van der Waals surface area contributed by atoms with E-state index in [4.69, 9.17) is 5.73 Å². The standard InChI is InChI=1S/C23H34F4N4O/c1-22(2,3)13-17(20(28)32)30-16-10-11-29-21(19(16)24)31-12-4-5-18(31)14-6-8-15(9-7-14)23(25,26)27/h6-9,16-19,21,29-30H,4-5,10-13H2,1-3H3,(H2,28,32)/t16?,17-,18?,19?,21?/m1/s1. The number of amides is 1. The third-order valence-corrected chi connectivity index (χ3v) is 6.34. The van der Waals surface area contributed by atoms with Gasteiger partial charge in [-0.05, 0) is 55.3 Å². The van der Waals surface area contributed by atoms with Crippen LogP contribution in [0.4, 0.5) is 17.6 Å². The summed E-state index contributed by atoms with van der Waals surface area (Å²) in [5.74, 6) is -0.494. The maximum atomic E-state index is 15.7. The van der Waals surface area contributed by atoms with E-state index in [9.17, 15) is 18.0 Å². The highest BCUT2D eigenvalue weighted by molar-refractivity contribution is 5.79. The Morgan fingerprint density at radius 3 is 2.44 bits per heavy atom. The SMILES string of the molecule is CC(C)(C)C[C@@H](NC1CCNC(N2CCCC2c2ccc(C(F)(F)F)cc2)C1F)C(N)=O. The van der Waals surface area contributed by atoms with Crippen molar-refractivity contribution in [2.24, 2.45) is 11.1 Å². The van der Waals surface area contributed by atoms with Gasteiger partial charge in [0, 0.05) is 18.6 Å². The summed E-state index contributed by atoms with van der Waals surface area (Å²) >= 11 is 0. The van der Waals surface area contributed by atoms with E-state index in [1.54, 1.807) is 0 Å². The number of nitrogens with two attached hydrogens (primary N) is 1. The van der Waals surface area contributed by atoms with Crippen LogP contribution in [-0.4, -0.2) is 48.3 Å². The number of alkyl halides is 4. The number of carbonyl (C=O) groups is 1. The minimum Gasteiger partial charge on any atom is -0.368 e. The molecule has 9 heteroatoms. The second-order valence-electron chi connectivity index (χ2n) is 10.1. The number of likely N-dealkylation sites (tertiary alicyclic amines) is 1. The van der Waals surface area contributed by atoms with Gasteiger partial charge in [0.1, 0.15) is 6.17 Å². The molecule has 2 fully saturated rings. The third-order valence-electron chi connectivity index (χ3n) is 6.34. The predicted molar refractivity (Wildman–Crippen MR) is 115 cm³/mol. The van der Waals surface area contributed by atoms with Gasteiger partial charge in [-0.1, -0.05) is 32.9 Å². The third kappa shape index (κ3) is 5.99. The molecule has 2 saturated heterocycles. The van der Waals surface area contributed by atoms with Crippen molar-refractivity contribution in [2.45, 2.75) is 83.1 Å². The molecule has 2 aliphatic rings. The van der Waals surface area contributed by atoms with Gasteiger partial charge >= 0.3 is 6.18 Å². The van der Waals surface area contributed by atoms with Crippen molar-refractivity contribution < 1.29 is 22.4 Å². The Kier molecular flexibility index (Phi) is 7.51. The van der Waals surface area contributed by atoms with Gasteiger partial charge in [-0.15, -0.1) is 0 Å². The summed E-state index contributed by atoms with van der Waals surface area (Å²) in [5.41, 5.74) is 5.49. The number of hydrogen-bond acceptors (Lipinski definition) is 4. The van der Waals surface area contributed by atoms with Crippen LogP contribution in [0.5, 0.6) is 0 Å². The van der Waals surface area contributed by atoms with Crippen LogP contribution in [0.15, 0.2) is 24.3 Å². The predicted octanol–water partition coefficient (Wildman–Crippen LogP) is 3.75. The van der Waals surface area contributed by atoms with Crippen molar-refractivity contribution in [3.63, 3.8) is 0 Å². The van der Waals surface area contributed by atoms with E-state index < -0.39 is 42.1 Å². The molecule has 2 heterocycles. The molecule has 1 amide bonds. The summed E-state index contributed by atoms with van der Waals surface area (Å²) in [6, 6.07) is 3.83. The molecule has 0 spiro atoms. The molecule has 0 aliphatic carbocycles. The van der Waals surface area contributed by atoms with Gasteiger partial charge in [-0.2, -0.15) is 13.2 Å². The molecule has 1 aromatic rings. The van der Waals surface area contributed by atoms with Crippen LogP contribution in [0, 0.1) is 5.41 Å². The molecule has 1 aromatic carbocycles. The van der Waals surface area contributed by atoms with Crippen LogP contribution >= 0.6 is 0 Å². The Morgan fingerprint density at radius 1 is 1.22 bits per heavy atom. The highest BCUT2D eigenvalue weighted by atomic mass is 19.4. The van der Waals surface area contributed by atoms with Crippen LogP contribution in [0.2, 0.25) is 0 Å². The smallest absolute Gasteiger partial charge is 0.368 e. The average molecular weight is 459 g/mol. The van der Waals surface area contributed by atoms with Gasteiger partial charge in [0.25, 0.3) is 0 Å². The molecule has 0 saturated carbocycles. The van der Waals surface area contributed by atoms with Crippen molar-refractivity contribution in [1.82, 2.24) is 15.5 Å². The molecular formula is C23H34F4N4O. The number of carbonyl (C=O) groups excluding carboxylic acids is 1. The van der Waals surface area contributed by atoms with Gasteiger partial charge < -0.3 is 5.73 Å². The first-order chi connectivity index (χ1) is 14.9. The number of rotatable bonds is 6. The quantitative estimate of drug-likeness (QED) is 0.568. The Balaban J connectivity index is 1.73. The fraction of sp³-hybridized carbons (Fsp3) is 0.696. The van der Waals surface area contributed by atoms with Crippen molar-refractivity contribution in [3.05, 3.63) is 35.4 Å². The molecule has 4 N–H and O–H groups in total. The topological polar surface area (TPSA) is 70.4 Å². The number of hydrogen-bond donors (Lipinski definition) is 3. The fourth-order valence-electron chi connectivity index (χ4n) is 4.84. The zero-order valence-electron chi connectivity index (χ0n) is 18.9. The number of piperidine rings is 1. The lowest BCUT2D eigenvalue weighted by molar-refractivity contribution is -0.137. The van der Waals surface area contributed by atoms with Crippen LogP contribution in [0.25, 0.3) is 0 Å². The largest absolute Gasteiger partial charge is 0.416 e. The summed E-state index contributed by atoms with van der Waals surface area (Å²) in [6.45, 7) is 7.22. The lowest BCUT2D eigenvalue weighted by Crippen LogP contribution is -2.64. The van der Waals surface area contributed by atoms with Gasteiger partial charge in [-0.3, -0.25) is 20.3 Å². The zero-order chi connectivity index (χ0) is 23.7. The first-order valence-electron chi connectivity index (χ1n) is 11.2. The number of benzene rings is 1. The average Bonchev–Trinajstić information content (AvgIpc) is 3.17. The van der Waals surface area contributed by atoms with E-state index in [0.717, 1.165) is 30.5 Å². The number of primary amides is 1. The molecule has 3 rings (SSSR count). The van der Waals surface area contributed by atoms with E-state index in [-0.39, 0.29) is 11.5 Å². The zero-order valence-corrected chi connectivity index (χ0v) is 18.9. The molecule has 32 heavy (non-hydrogen) atoms. The van der Waals surface area contributed by atoms with Gasteiger partial charge in [0.2, 0.25) is 5.91 Å². The van der Waals surface area contributed by atoms with Crippen molar-refractivity contribution >= 4 is 5.91 Å². The van der Waals surface area contributed by atoms with Crippen LogP contribution in [0.3, 0.4) is 0 Å². The van der Waals surface area contributed by atoms with Crippen LogP contribution in [0.1, 0.15) is 63.6 Å². The molecule has 4 unspecified atom stereocenters. The van der Waals surface area contributed by atoms with E-state index in [1.165, 1.54) is 12.1 Å². The normalized spacial score (nSPS) is 28.6. The van der Waals surface area contributed by atoms with E-state index in [0.29, 0.717) is 25.9 Å². The van der Waals surface area contributed by atoms with E-state index in [2.05, 4.69) is 10.6 Å². The van der Waals surface area contributed by atoms with Gasteiger partial charge in [0.05, 0.1) is 17.8 Å². The summed E-state index contributed by atoms with van der Waals surface area (Å²) in [6.07, 6.45) is -3.65. The lowest BCUT2D eigenvalue weighted by Gasteiger charge is -2.43. The minimum atomic E-state index is -4.38. The molecule has 0 bridgehead atoms. The van der Waals surface area contributed by atoms with E-state index in [1.807, 2.05) is 25.7 Å². The lowest BCUT2D eigenvalue weighted by atomic mass is 9.87. The summed E-state index contributed by atoms with van der Waals surface area (Å²) in [4.78, 5) is 14.0. The van der Waals surface area contributed by atoms with Crippen LogP contribution < -0.4 is 16.4 Å². The number of halogens is 4. The number of nitrogens with zero attached hydrogens (tertiary/aromatic N) is 1. The first-order valence-corrected chi connectivity index (χ1v) is 11.2.